The average molecular weight is 261 g/mol. The molecule has 2 aromatic rings. The van der Waals surface area contributed by atoms with E-state index in [9.17, 15) is 4.79 Å². The normalized spacial score (nSPS) is 10.3. The summed E-state index contributed by atoms with van der Waals surface area (Å²) in [7, 11) is 1.50. The Morgan fingerprint density at radius 3 is 2.68 bits per heavy atom. The van der Waals surface area contributed by atoms with Crippen LogP contribution in [0.3, 0.4) is 0 Å². The van der Waals surface area contributed by atoms with Gasteiger partial charge in [-0.15, -0.1) is 0 Å². The molecule has 0 aliphatic rings. The molecule has 1 amide bonds. The highest BCUT2D eigenvalue weighted by Crippen LogP contribution is 2.23. The molecule has 0 saturated carbocycles. The first-order valence-corrected chi connectivity index (χ1v) is 5.77. The van der Waals surface area contributed by atoms with E-state index < -0.39 is 0 Å². The first-order chi connectivity index (χ1) is 9.02. The summed E-state index contributed by atoms with van der Waals surface area (Å²) in [5.41, 5.74) is 2.43. The highest BCUT2D eigenvalue weighted by atomic mass is 16.5. The molecule has 2 rings (SSSR count). The van der Waals surface area contributed by atoms with Crippen molar-refractivity contribution in [2.45, 2.75) is 20.8 Å². The lowest BCUT2D eigenvalue weighted by atomic mass is 10.2. The summed E-state index contributed by atoms with van der Waals surface area (Å²) in [6.45, 7) is 5.30. The smallest absolute Gasteiger partial charge is 0.261 e. The van der Waals surface area contributed by atoms with Crippen LogP contribution in [0, 0.1) is 20.8 Å². The monoisotopic (exact) mass is 261 g/mol. The lowest BCUT2D eigenvalue weighted by molar-refractivity contribution is 0.102. The largest absolute Gasteiger partial charge is 0.480 e. The molecule has 0 atom stereocenters. The van der Waals surface area contributed by atoms with Crippen LogP contribution in [0.4, 0.5) is 5.69 Å². The molecule has 0 fully saturated rings. The molecule has 6 heteroatoms. The highest BCUT2D eigenvalue weighted by Gasteiger charge is 2.19. The number of amides is 1. The SMILES string of the molecule is COc1ncc(C)cc1NC(=O)c1c(C)noc1C. The van der Waals surface area contributed by atoms with Gasteiger partial charge in [0.15, 0.2) is 0 Å². The molecule has 6 nitrogen and oxygen atoms in total. The van der Waals surface area contributed by atoms with E-state index in [1.165, 1.54) is 7.11 Å². The second-order valence-electron chi connectivity index (χ2n) is 4.22. The van der Waals surface area contributed by atoms with Crippen LogP contribution in [0.15, 0.2) is 16.8 Å². The second kappa shape index (κ2) is 5.09. The van der Waals surface area contributed by atoms with Gasteiger partial charge in [-0.2, -0.15) is 0 Å². The molecule has 100 valence electrons. The molecule has 0 unspecified atom stereocenters. The van der Waals surface area contributed by atoms with Crippen molar-refractivity contribution in [3.05, 3.63) is 34.8 Å². The van der Waals surface area contributed by atoms with Gasteiger partial charge in [-0.3, -0.25) is 4.79 Å². The van der Waals surface area contributed by atoms with Gasteiger partial charge in [-0.1, -0.05) is 5.16 Å². The maximum Gasteiger partial charge on any atom is 0.261 e. The fourth-order valence-corrected chi connectivity index (χ4v) is 1.80. The quantitative estimate of drug-likeness (QED) is 0.916. The van der Waals surface area contributed by atoms with Crippen LogP contribution in [-0.4, -0.2) is 23.2 Å². The van der Waals surface area contributed by atoms with E-state index >= 15 is 0 Å². The maximum atomic E-state index is 12.2. The predicted octanol–water partition coefficient (Wildman–Crippen LogP) is 2.26. The van der Waals surface area contributed by atoms with E-state index in [1.807, 2.05) is 6.92 Å². The number of pyridine rings is 1. The van der Waals surface area contributed by atoms with Crippen LogP contribution in [0.2, 0.25) is 0 Å². The average Bonchev–Trinajstić information content (AvgIpc) is 2.69. The Hall–Kier alpha value is -2.37. The molecule has 0 spiro atoms. The van der Waals surface area contributed by atoms with Gasteiger partial charge in [-0.25, -0.2) is 4.98 Å². The number of ether oxygens (including phenoxy) is 1. The van der Waals surface area contributed by atoms with Crippen molar-refractivity contribution in [2.75, 3.05) is 12.4 Å². The molecule has 0 saturated heterocycles. The van der Waals surface area contributed by atoms with Gasteiger partial charge in [0.25, 0.3) is 5.91 Å². The van der Waals surface area contributed by atoms with Crippen molar-refractivity contribution in [3.63, 3.8) is 0 Å². The number of anilines is 1. The Kier molecular flexibility index (Phi) is 3.50. The molecular weight excluding hydrogens is 246 g/mol. The molecular formula is C13H15N3O3. The summed E-state index contributed by atoms with van der Waals surface area (Å²) in [6, 6.07) is 1.79. The van der Waals surface area contributed by atoms with Crippen molar-refractivity contribution in [2.24, 2.45) is 0 Å². The first-order valence-electron chi connectivity index (χ1n) is 5.77. The Morgan fingerprint density at radius 1 is 1.37 bits per heavy atom. The van der Waals surface area contributed by atoms with E-state index in [4.69, 9.17) is 9.26 Å². The van der Waals surface area contributed by atoms with Crippen LogP contribution in [0.1, 0.15) is 27.4 Å². The fourth-order valence-electron chi connectivity index (χ4n) is 1.80. The summed E-state index contributed by atoms with van der Waals surface area (Å²) < 4.78 is 10.1. The number of aromatic nitrogens is 2. The number of hydrogen-bond acceptors (Lipinski definition) is 5. The summed E-state index contributed by atoms with van der Waals surface area (Å²) in [6.07, 6.45) is 1.67. The summed E-state index contributed by atoms with van der Waals surface area (Å²) in [5, 5.41) is 6.52. The van der Waals surface area contributed by atoms with Crippen LogP contribution in [0.5, 0.6) is 5.88 Å². The van der Waals surface area contributed by atoms with Crippen molar-refractivity contribution in [3.8, 4) is 5.88 Å². The molecule has 0 aliphatic carbocycles. The third-order valence-electron chi connectivity index (χ3n) is 2.69. The third kappa shape index (κ3) is 2.57. The van der Waals surface area contributed by atoms with Gasteiger partial charge in [0, 0.05) is 6.20 Å². The Balaban J connectivity index is 2.31. The summed E-state index contributed by atoms with van der Waals surface area (Å²) in [5.74, 6) is 0.558. The van der Waals surface area contributed by atoms with E-state index in [-0.39, 0.29) is 5.91 Å². The molecule has 0 aliphatic heterocycles. The van der Waals surface area contributed by atoms with Crippen molar-refractivity contribution in [1.29, 1.82) is 0 Å². The highest BCUT2D eigenvalue weighted by molar-refractivity contribution is 6.06. The van der Waals surface area contributed by atoms with Gasteiger partial charge in [-0.05, 0) is 32.4 Å². The number of carbonyl (C=O) groups is 1. The van der Waals surface area contributed by atoms with Crippen molar-refractivity contribution in [1.82, 2.24) is 10.1 Å². The summed E-state index contributed by atoms with van der Waals surface area (Å²) >= 11 is 0. The number of nitrogens with one attached hydrogen (secondary N) is 1. The standard InChI is InChI=1S/C13H15N3O3/c1-7-5-10(13(18-4)14-6-7)15-12(17)11-8(2)16-19-9(11)3/h5-6H,1-4H3,(H,15,17). The van der Waals surface area contributed by atoms with Crippen LogP contribution in [0.25, 0.3) is 0 Å². The lowest BCUT2D eigenvalue weighted by Crippen LogP contribution is -2.14. The van der Waals surface area contributed by atoms with E-state index in [0.717, 1.165) is 5.56 Å². The first kappa shape index (κ1) is 13.1. The van der Waals surface area contributed by atoms with Gasteiger partial charge < -0.3 is 14.6 Å². The Morgan fingerprint density at radius 2 is 2.11 bits per heavy atom. The lowest BCUT2D eigenvalue weighted by Gasteiger charge is -2.09. The molecule has 2 heterocycles. The molecule has 2 aromatic heterocycles. The van der Waals surface area contributed by atoms with Crippen LogP contribution >= 0.6 is 0 Å². The second-order valence-corrected chi connectivity index (χ2v) is 4.22. The van der Waals surface area contributed by atoms with Gasteiger partial charge >= 0.3 is 0 Å². The molecule has 19 heavy (non-hydrogen) atoms. The fraction of sp³-hybridized carbons (Fsp3) is 0.308. The zero-order valence-electron chi connectivity index (χ0n) is 11.3. The molecule has 0 bridgehead atoms. The number of rotatable bonds is 3. The third-order valence-corrected chi connectivity index (χ3v) is 2.69. The molecule has 0 radical (unpaired) electrons. The van der Waals surface area contributed by atoms with Crippen molar-refractivity contribution >= 4 is 11.6 Å². The molecule has 1 N–H and O–H groups in total. The minimum absolute atomic E-state index is 0.290. The topological polar surface area (TPSA) is 77.2 Å². The van der Waals surface area contributed by atoms with Gasteiger partial charge in [0.05, 0.1) is 12.8 Å². The number of nitrogens with zero attached hydrogens (tertiary/aromatic N) is 2. The van der Waals surface area contributed by atoms with Gasteiger partial charge in [0.1, 0.15) is 17.0 Å². The number of hydrogen-bond donors (Lipinski definition) is 1. The van der Waals surface area contributed by atoms with E-state index in [1.54, 1.807) is 26.1 Å². The minimum Gasteiger partial charge on any atom is -0.480 e. The maximum absolute atomic E-state index is 12.2. The minimum atomic E-state index is -0.290. The zero-order chi connectivity index (χ0) is 14.0. The molecule has 0 aromatic carbocycles. The number of carbonyl (C=O) groups excluding carboxylic acids is 1. The predicted molar refractivity (Wildman–Crippen MR) is 69.5 cm³/mol. The van der Waals surface area contributed by atoms with Crippen LogP contribution < -0.4 is 10.1 Å². The van der Waals surface area contributed by atoms with Crippen molar-refractivity contribution < 1.29 is 14.1 Å². The summed E-state index contributed by atoms with van der Waals surface area (Å²) in [4.78, 5) is 16.3. The number of methoxy groups -OCH3 is 1. The van der Waals surface area contributed by atoms with E-state index in [0.29, 0.717) is 28.6 Å². The van der Waals surface area contributed by atoms with E-state index in [2.05, 4.69) is 15.5 Å². The van der Waals surface area contributed by atoms with Crippen LogP contribution in [-0.2, 0) is 0 Å². The number of aryl methyl sites for hydroxylation is 3. The Bertz CT molecular complexity index is 600. The van der Waals surface area contributed by atoms with Gasteiger partial charge in [0.2, 0.25) is 5.88 Å². The zero-order valence-corrected chi connectivity index (χ0v) is 11.3. The Labute approximate surface area is 110 Å².